The highest BCUT2D eigenvalue weighted by Gasteiger charge is 2.20. The number of benzene rings is 1. The number of nitrogens with two attached hydrogens (primary N) is 1. The first kappa shape index (κ1) is 23.1. The number of amides is 1. The first-order chi connectivity index (χ1) is 15.4. The Kier molecular flexibility index (Phi) is 6.99. The number of aryl methyl sites for hydroxylation is 2. The minimum absolute atomic E-state index is 0.108. The normalized spacial score (nSPS) is 10.5. The Hall–Kier alpha value is -3.59. The summed E-state index contributed by atoms with van der Waals surface area (Å²) < 4.78 is 15.8. The summed E-state index contributed by atoms with van der Waals surface area (Å²) in [4.78, 5) is 25.5. The number of nitrogens with zero attached hydrogens (tertiary/aromatic N) is 3. The fraction of sp³-hybridized carbons (Fsp3) is 0.217. The summed E-state index contributed by atoms with van der Waals surface area (Å²) in [6, 6.07) is 9.06. The molecule has 0 aliphatic heterocycles. The highest BCUT2D eigenvalue weighted by Crippen LogP contribution is 2.34. The van der Waals surface area contributed by atoms with E-state index in [9.17, 15) is 14.0 Å². The Morgan fingerprint density at radius 2 is 1.94 bits per heavy atom. The third-order valence-corrected chi connectivity index (χ3v) is 5.98. The topological polar surface area (TPSA) is 103 Å². The van der Waals surface area contributed by atoms with Gasteiger partial charge in [-0.05, 0) is 43.2 Å². The minimum atomic E-state index is -0.558. The van der Waals surface area contributed by atoms with Crippen LogP contribution in [0.15, 0.2) is 47.4 Å². The Bertz CT molecular complexity index is 1350. The molecule has 166 valence electrons. The van der Waals surface area contributed by atoms with Gasteiger partial charge in [0.15, 0.2) is 0 Å². The van der Waals surface area contributed by atoms with Crippen LogP contribution in [0.2, 0.25) is 0 Å². The third-order valence-electron chi connectivity index (χ3n) is 4.89. The Balaban J connectivity index is 0.00000141. The molecule has 7 nitrogen and oxygen atoms in total. The molecule has 4 rings (SSSR count). The number of anilines is 1. The summed E-state index contributed by atoms with van der Waals surface area (Å²) in [5, 5.41) is 11.7. The van der Waals surface area contributed by atoms with Gasteiger partial charge in [-0.3, -0.25) is 14.2 Å². The van der Waals surface area contributed by atoms with Crippen molar-refractivity contribution in [3.8, 4) is 5.69 Å². The van der Waals surface area contributed by atoms with Crippen LogP contribution in [0.25, 0.3) is 15.9 Å². The summed E-state index contributed by atoms with van der Waals surface area (Å²) in [6.07, 6.45) is 1.50. The molecule has 4 aromatic rings. The number of hydrogen-bond donors (Lipinski definition) is 2. The molecule has 0 unspecified atom stereocenters. The number of carbonyl (C=O) groups is 1. The fourth-order valence-corrected chi connectivity index (χ4v) is 4.17. The first-order valence-corrected chi connectivity index (χ1v) is 10.9. The summed E-state index contributed by atoms with van der Waals surface area (Å²) >= 11 is 1.17. The van der Waals surface area contributed by atoms with E-state index in [1.54, 1.807) is 18.2 Å². The van der Waals surface area contributed by atoms with Crippen molar-refractivity contribution < 1.29 is 9.18 Å². The minimum Gasteiger partial charge on any atom is -0.397 e. The van der Waals surface area contributed by atoms with E-state index >= 15 is 0 Å². The molecular weight excluding hydrogens is 429 g/mol. The number of hydrogen-bond acceptors (Lipinski definition) is 6. The van der Waals surface area contributed by atoms with E-state index in [2.05, 4.69) is 15.5 Å². The molecule has 0 aliphatic rings. The molecule has 0 atom stereocenters. The van der Waals surface area contributed by atoms with Crippen LogP contribution in [0.5, 0.6) is 0 Å². The molecule has 0 bridgehead atoms. The number of carbonyl (C=O) groups excluding carboxylic acids is 1. The van der Waals surface area contributed by atoms with Crippen LogP contribution in [-0.2, 0) is 6.54 Å². The van der Waals surface area contributed by atoms with Gasteiger partial charge in [0.2, 0.25) is 0 Å². The zero-order chi connectivity index (χ0) is 23.4. The monoisotopic (exact) mass is 453 g/mol. The van der Waals surface area contributed by atoms with Crippen molar-refractivity contribution >= 4 is 33.1 Å². The Labute approximate surface area is 188 Å². The van der Waals surface area contributed by atoms with Gasteiger partial charge in [0.25, 0.3) is 11.5 Å². The average molecular weight is 454 g/mol. The highest BCUT2D eigenvalue weighted by atomic mass is 32.1. The fourth-order valence-electron chi connectivity index (χ4n) is 3.15. The second kappa shape index (κ2) is 9.69. The lowest BCUT2D eigenvalue weighted by Gasteiger charge is -2.09. The van der Waals surface area contributed by atoms with Crippen molar-refractivity contribution in [1.29, 1.82) is 0 Å². The number of halogens is 1. The lowest BCUT2D eigenvalue weighted by atomic mass is 10.1. The van der Waals surface area contributed by atoms with Crippen molar-refractivity contribution in [2.45, 2.75) is 34.2 Å². The zero-order valence-corrected chi connectivity index (χ0v) is 19.1. The highest BCUT2D eigenvalue weighted by molar-refractivity contribution is 7.21. The van der Waals surface area contributed by atoms with E-state index in [0.29, 0.717) is 21.0 Å². The molecule has 0 spiro atoms. The van der Waals surface area contributed by atoms with Gasteiger partial charge in [-0.2, -0.15) is 5.10 Å². The average Bonchev–Trinajstić information content (AvgIpc) is 3.14. The van der Waals surface area contributed by atoms with Crippen LogP contribution in [0.1, 0.15) is 40.3 Å². The Morgan fingerprint density at radius 3 is 2.62 bits per heavy atom. The third kappa shape index (κ3) is 4.38. The van der Waals surface area contributed by atoms with Crippen LogP contribution < -0.4 is 16.6 Å². The largest absolute Gasteiger partial charge is 0.397 e. The van der Waals surface area contributed by atoms with Gasteiger partial charge in [-0.1, -0.05) is 26.0 Å². The van der Waals surface area contributed by atoms with Crippen LogP contribution in [0.3, 0.4) is 0 Å². The summed E-state index contributed by atoms with van der Waals surface area (Å²) in [7, 11) is 0. The van der Waals surface area contributed by atoms with Gasteiger partial charge in [0.05, 0.1) is 17.1 Å². The van der Waals surface area contributed by atoms with Crippen LogP contribution in [-0.4, -0.2) is 20.7 Å². The zero-order valence-electron chi connectivity index (χ0n) is 18.3. The molecule has 9 heteroatoms. The maximum Gasteiger partial charge on any atom is 0.263 e. The molecule has 0 fully saturated rings. The summed E-state index contributed by atoms with van der Waals surface area (Å²) in [5.74, 6) is -0.922. The molecule has 0 saturated carbocycles. The van der Waals surface area contributed by atoms with Crippen molar-refractivity contribution in [1.82, 2.24) is 20.1 Å². The Morgan fingerprint density at radius 1 is 1.19 bits per heavy atom. The predicted octanol–water partition coefficient (Wildman–Crippen LogP) is 4.14. The van der Waals surface area contributed by atoms with Crippen LogP contribution in [0.4, 0.5) is 10.1 Å². The number of thiophene rings is 1. The molecule has 3 N–H and O–H groups in total. The SMILES string of the molecule is CC.Cc1nnc2sc(C(=O)NCc3ccc(-n4ccccc4=O)c(F)c3)c(N)c2c1C. The van der Waals surface area contributed by atoms with Gasteiger partial charge < -0.3 is 11.1 Å². The maximum atomic E-state index is 14.5. The van der Waals surface area contributed by atoms with Gasteiger partial charge >= 0.3 is 0 Å². The second-order valence-corrected chi connectivity index (χ2v) is 7.81. The lowest BCUT2D eigenvalue weighted by molar-refractivity contribution is 0.0955. The van der Waals surface area contributed by atoms with E-state index in [4.69, 9.17) is 5.73 Å². The van der Waals surface area contributed by atoms with Crippen molar-refractivity contribution in [3.05, 3.63) is 80.5 Å². The van der Waals surface area contributed by atoms with Crippen LogP contribution in [0, 0.1) is 19.7 Å². The van der Waals surface area contributed by atoms with Crippen molar-refractivity contribution in [2.75, 3.05) is 5.73 Å². The number of rotatable bonds is 4. The standard InChI is InChI=1S/C21H18FN5O2S.C2H6/c1-11-12(2)25-26-21-17(11)18(23)19(30-21)20(29)24-10-13-6-7-15(14(22)9-13)27-8-4-3-5-16(27)28;1-2/h3-9H,10,23H2,1-2H3,(H,24,29);1-2H3. The molecule has 0 aliphatic carbocycles. The van der Waals surface area contributed by atoms with E-state index in [1.807, 2.05) is 27.7 Å². The van der Waals surface area contributed by atoms with E-state index in [0.717, 1.165) is 16.6 Å². The lowest BCUT2D eigenvalue weighted by Crippen LogP contribution is -2.23. The number of aromatic nitrogens is 3. The summed E-state index contributed by atoms with van der Waals surface area (Å²) in [6.45, 7) is 7.83. The number of pyridine rings is 1. The molecule has 1 aromatic carbocycles. The first-order valence-electron chi connectivity index (χ1n) is 10.1. The molecule has 3 aromatic heterocycles. The van der Waals surface area contributed by atoms with Gasteiger partial charge in [-0.15, -0.1) is 16.4 Å². The van der Waals surface area contributed by atoms with Crippen LogP contribution >= 0.6 is 11.3 Å². The van der Waals surface area contributed by atoms with E-state index in [-0.39, 0.29) is 23.7 Å². The molecule has 1 amide bonds. The van der Waals surface area contributed by atoms with Crippen molar-refractivity contribution in [2.24, 2.45) is 0 Å². The van der Waals surface area contributed by atoms with Gasteiger partial charge in [0.1, 0.15) is 15.5 Å². The van der Waals surface area contributed by atoms with Gasteiger partial charge in [0, 0.05) is 24.2 Å². The molecule has 3 heterocycles. The number of nitrogen functional groups attached to an aromatic ring is 1. The number of fused-ring (bicyclic) bond motifs is 1. The smallest absolute Gasteiger partial charge is 0.263 e. The molecule has 0 radical (unpaired) electrons. The van der Waals surface area contributed by atoms with E-state index < -0.39 is 5.82 Å². The predicted molar refractivity (Wildman–Crippen MR) is 126 cm³/mol. The molecule has 32 heavy (non-hydrogen) atoms. The maximum absolute atomic E-state index is 14.5. The number of nitrogens with one attached hydrogen (secondary N) is 1. The quantitative estimate of drug-likeness (QED) is 0.484. The second-order valence-electron chi connectivity index (χ2n) is 6.81. The molecule has 0 saturated heterocycles. The van der Waals surface area contributed by atoms with E-state index in [1.165, 1.54) is 40.3 Å². The van der Waals surface area contributed by atoms with Gasteiger partial charge in [-0.25, -0.2) is 4.39 Å². The molecular formula is C23H24FN5O2S. The van der Waals surface area contributed by atoms with Crippen molar-refractivity contribution in [3.63, 3.8) is 0 Å². The summed E-state index contributed by atoms with van der Waals surface area (Å²) in [5.41, 5.74) is 8.58.